The van der Waals surface area contributed by atoms with Gasteiger partial charge in [0.2, 0.25) is 0 Å². The van der Waals surface area contributed by atoms with Gasteiger partial charge in [-0.15, -0.1) is 0 Å². The van der Waals surface area contributed by atoms with Crippen molar-refractivity contribution in [2.24, 2.45) is 4.99 Å². The van der Waals surface area contributed by atoms with Crippen LogP contribution in [0.3, 0.4) is 0 Å². The van der Waals surface area contributed by atoms with Gasteiger partial charge >= 0.3 is 0 Å². The first-order valence-electron chi connectivity index (χ1n) is 11.3. The second kappa shape index (κ2) is 11.0. The molecule has 2 fully saturated rings. The normalized spacial score (nSPS) is 21.8. The van der Waals surface area contributed by atoms with Gasteiger partial charge in [-0.1, -0.05) is 18.6 Å². The maximum Gasteiger partial charge on any atom is 0.191 e. The molecule has 0 amide bonds. The highest BCUT2D eigenvalue weighted by molar-refractivity contribution is 5.79. The summed E-state index contributed by atoms with van der Waals surface area (Å²) in [6.07, 6.45) is 6.13. The Morgan fingerprint density at radius 2 is 1.83 bits per heavy atom. The van der Waals surface area contributed by atoms with E-state index in [1.54, 1.807) is 25.2 Å². The van der Waals surface area contributed by atoms with Crippen LogP contribution in [0.25, 0.3) is 0 Å². The first-order chi connectivity index (χ1) is 14.5. The average molecular weight is 420 g/mol. The third-order valence-electron chi connectivity index (χ3n) is 6.47. The van der Waals surface area contributed by atoms with E-state index < -0.39 is 0 Å². The monoisotopic (exact) mass is 419 g/mol. The zero-order chi connectivity index (χ0) is 21.4. The predicted octanol–water partition coefficient (Wildman–Crippen LogP) is 2.71. The maximum atomic E-state index is 13.8. The van der Waals surface area contributed by atoms with E-state index in [9.17, 15) is 4.39 Å². The number of guanidine groups is 1. The van der Waals surface area contributed by atoms with Crippen molar-refractivity contribution in [3.8, 4) is 5.75 Å². The summed E-state index contributed by atoms with van der Waals surface area (Å²) < 4.78 is 19.5. The van der Waals surface area contributed by atoms with E-state index in [0.717, 1.165) is 25.6 Å². The summed E-state index contributed by atoms with van der Waals surface area (Å²) in [5.74, 6) is 0.719. The van der Waals surface area contributed by atoms with Gasteiger partial charge in [-0.05, 0) is 78.0 Å². The lowest BCUT2D eigenvalue weighted by molar-refractivity contribution is 0.0173. The van der Waals surface area contributed by atoms with E-state index >= 15 is 0 Å². The molecule has 1 aromatic rings. The summed E-state index contributed by atoms with van der Waals surface area (Å²) in [4.78, 5) is 9.54. The van der Waals surface area contributed by atoms with Crippen LogP contribution >= 0.6 is 0 Å². The molecule has 0 spiro atoms. The molecule has 0 aliphatic carbocycles. The molecule has 0 radical (unpaired) electrons. The van der Waals surface area contributed by atoms with Gasteiger partial charge in [0.25, 0.3) is 0 Å². The van der Waals surface area contributed by atoms with Gasteiger partial charge in [-0.25, -0.2) is 4.39 Å². The maximum absolute atomic E-state index is 13.8. The van der Waals surface area contributed by atoms with Gasteiger partial charge < -0.3 is 20.3 Å². The smallest absolute Gasteiger partial charge is 0.191 e. The van der Waals surface area contributed by atoms with E-state index in [0.29, 0.717) is 6.54 Å². The number of benzene rings is 1. The lowest BCUT2D eigenvalue weighted by atomic mass is 9.84. The number of piperidine rings is 2. The summed E-state index contributed by atoms with van der Waals surface area (Å²) in [6, 6.07) is 6.51. The fraction of sp³-hybridized carbons (Fsp3) is 0.696. The number of likely N-dealkylation sites (tertiary alicyclic amines) is 2. The molecule has 2 aliphatic heterocycles. The molecule has 2 N–H and O–H groups in total. The Labute approximate surface area is 180 Å². The summed E-state index contributed by atoms with van der Waals surface area (Å²) in [5, 5.41) is 6.91. The number of para-hydroxylation sites is 1. The molecule has 1 aromatic carbocycles. The van der Waals surface area contributed by atoms with Gasteiger partial charge in [-0.2, -0.15) is 0 Å². The molecule has 0 aromatic heterocycles. The van der Waals surface area contributed by atoms with Crippen LogP contribution in [0.1, 0.15) is 39.0 Å². The van der Waals surface area contributed by atoms with Crippen molar-refractivity contribution in [2.75, 3.05) is 53.4 Å². The lowest BCUT2D eigenvalue weighted by Gasteiger charge is -2.50. The SMILES string of the molecule is CN=C(NCC(C)Oc1ccccc1F)NCC1(N2CCCCC2)CCN(C)CC1. The number of nitrogens with zero attached hydrogens (tertiary/aromatic N) is 3. The Hall–Kier alpha value is -1.86. The zero-order valence-electron chi connectivity index (χ0n) is 18.8. The van der Waals surface area contributed by atoms with Crippen molar-refractivity contribution in [1.82, 2.24) is 20.4 Å². The number of hydrogen-bond acceptors (Lipinski definition) is 4. The summed E-state index contributed by atoms with van der Waals surface area (Å²) in [5.41, 5.74) is 0.194. The molecular formula is C23H38FN5O. The third kappa shape index (κ3) is 6.08. The van der Waals surface area contributed by atoms with Gasteiger partial charge in [0.15, 0.2) is 17.5 Å². The van der Waals surface area contributed by atoms with Crippen LogP contribution < -0.4 is 15.4 Å². The first kappa shape index (κ1) is 22.8. The molecule has 2 aliphatic rings. The topological polar surface area (TPSA) is 52.1 Å². The average Bonchev–Trinajstić information content (AvgIpc) is 2.77. The van der Waals surface area contributed by atoms with Crippen molar-refractivity contribution >= 4 is 5.96 Å². The van der Waals surface area contributed by atoms with E-state index in [-0.39, 0.29) is 23.2 Å². The molecule has 30 heavy (non-hydrogen) atoms. The highest BCUT2D eigenvalue weighted by atomic mass is 19.1. The van der Waals surface area contributed by atoms with E-state index in [1.165, 1.54) is 51.3 Å². The van der Waals surface area contributed by atoms with Crippen molar-refractivity contribution in [3.63, 3.8) is 0 Å². The quantitative estimate of drug-likeness (QED) is 0.526. The van der Waals surface area contributed by atoms with Gasteiger partial charge in [-0.3, -0.25) is 9.89 Å². The van der Waals surface area contributed by atoms with Gasteiger partial charge in [0.05, 0.1) is 6.54 Å². The van der Waals surface area contributed by atoms with Crippen LogP contribution in [0, 0.1) is 5.82 Å². The standard InChI is InChI=1S/C23H38FN5O/c1-19(30-21-10-6-5-9-20(21)24)17-26-22(25-2)27-18-23(11-15-28(3)16-12-23)29-13-7-4-8-14-29/h5-6,9-10,19H,4,7-8,11-18H2,1-3H3,(H2,25,26,27). The van der Waals surface area contributed by atoms with Crippen LogP contribution in [0.5, 0.6) is 5.75 Å². The first-order valence-corrected chi connectivity index (χ1v) is 11.3. The third-order valence-corrected chi connectivity index (χ3v) is 6.47. The van der Waals surface area contributed by atoms with Gasteiger partial charge in [0, 0.05) is 19.1 Å². The number of rotatable bonds is 7. The summed E-state index contributed by atoms with van der Waals surface area (Å²) in [6.45, 7) is 8.04. The van der Waals surface area contributed by atoms with E-state index in [1.807, 2.05) is 6.92 Å². The number of halogens is 1. The van der Waals surface area contributed by atoms with Crippen LogP contribution in [0.4, 0.5) is 4.39 Å². The minimum Gasteiger partial charge on any atom is -0.486 e. The van der Waals surface area contributed by atoms with Crippen molar-refractivity contribution in [2.45, 2.75) is 50.7 Å². The van der Waals surface area contributed by atoms with Crippen LogP contribution in [-0.4, -0.2) is 80.8 Å². The zero-order valence-corrected chi connectivity index (χ0v) is 18.8. The van der Waals surface area contributed by atoms with Crippen molar-refractivity contribution in [1.29, 1.82) is 0 Å². The fourth-order valence-electron chi connectivity index (χ4n) is 4.52. The minimum atomic E-state index is -0.336. The molecule has 2 saturated heterocycles. The Morgan fingerprint density at radius 1 is 1.13 bits per heavy atom. The fourth-order valence-corrected chi connectivity index (χ4v) is 4.52. The Bertz CT molecular complexity index is 684. The number of hydrogen-bond donors (Lipinski definition) is 2. The minimum absolute atomic E-state index is 0.181. The summed E-state index contributed by atoms with van der Waals surface area (Å²) in [7, 11) is 4.00. The Morgan fingerprint density at radius 3 is 2.50 bits per heavy atom. The van der Waals surface area contributed by atoms with Crippen LogP contribution in [-0.2, 0) is 0 Å². The molecule has 6 nitrogen and oxygen atoms in total. The molecule has 0 saturated carbocycles. The van der Waals surface area contributed by atoms with Gasteiger partial charge in [0.1, 0.15) is 6.10 Å². The summed E-state index contributed by atoms with van der Waals surface area (Å²) >= 11 is 0. The Kier molecular flexibility index (Phi) is 8.33. The highest BCUT2D eigenvalue weighted by Gasteiger charge is 2.39. The molecule has 1 atom stereocenters. The number of nitrogens with one attached hydrogen (secondary N) is 2. The van der Waals surface area contributed by atoms with Crippen molar-refractivity contribution in [3.05, 3.63) is 30.1 Å². The lowest BCUT2D eigenvalue weighted by Crippen LogP contribution is -2.62. The molecule has 2 heterocycles. The second-order valence-corrected chi connectivity index (χ2v) is 8.74. The number of aliphatic imine (C=N–C) groups is 1. The predicted molar refractivity (Wildman–Crippen MR) is 121 cm³/mol. The molecule has 0 bridgehead atoms. The largest absolute Gasteiger partial charge is 0.486 e. The molecule has 7 heteroatoms. The van der Waals surface area contributed by atoms with E-state index in [4.69, 9.17) is 4.74 Å². The van der Waals surface area contributed by atoms with Crippen LogP contribution in [0.2, 0.25) is 0 Å². The second-order valence-electron chi connectivity index (χ2n) is 8.74. The molecular weight excluding hydrogens is 381 g/mol. The van der Waals surface area contributed by atoms with Crippen molar-refractivity contribution < 1.29 is 9.13 Å². The van der Waals surface area contributed by atoms with E-state index in [2.05, 4.69) is 32.5 Å². The molecule has 3 rings (SSSR count). The molecule has 1 unspecified atom stereocenters. The Balaban J connectivity index is 1.53. The van der Waals surface area contributed by atoms with Crippen LogP contribution in [0.15, 0.2) is 29.3 Å². The highest BCUT2D eigenvalue weighted by Crippen LogP contribution is 2.30. The number of ether oxygens (including phenoxy) is 1. The molecule has 168 valence electrons.